The van der Waals surface area contributed by atoms with Crippen molar-refractivity contribution < 1.29 is 52.6 Å². The summed E-state index contributed by atoms with van der Waals surface area (Å²) in [5, 5.41) is 25.9. The Kier molecular flexibility index (Phi) is 15.5. The topological polar surface area (TPSA) is 290 Å². The first-order chi connectivity index (χ1) is 33.3. The van der Waals surface area contributed by atoms with Gasteiger partial charge in [0.25, 0.3) is 17.4 Å². The van der Waals surface area contributed by atoms with Crippen molar-refractivity contribution in [2.75, 3.05) is 19.6 Å². The van der Waals surface area contributed by atoms with Crippen LogP contribution in [0.1, 0.15) is 124 Å². The number of aryl methyl sites for hydroxylation is 1. The maximum atomic E-state index is 15.4. The van der Waals surface area contributed by atoms with E-state index in [9.17, 15) is 48.3 Å². The molecule has 0 radical (unpaired) electrons. The molecule has 7 rings (SSSR count). The predicted molar refractivity (Wildman–Crippen MR) is 251 cm³/mol. The predicted octanol–water partition coefficient (Wildman–Crippen LogP) is 2.09. The molecule has 70 heavy (non-hydrogen) atoms. The van der Waals surface area contributed by atoms with Crippen LogP contribution < -0.4 is 37.9 Å². The number of benzene rings is 1. The van der Waals surface area contributed by atoms with Crippen LogP contribution in [0.15, 0.2) is 29.1 Å². The fourth-order valence-electron chi connectivity index (χ4n) is 9.76. The Morgan fingerprint density at radius 2 is 1.63 bits per heavy atom. The van der Waals surface area contributed by atoms with E-state index in [1.807, 2.05) is 0 Å². The number of nitrogens with one attached hydrogen (secondary N) is 5. The minimum atomic E-state index is -2.04. The number of fused-ring (bicyclic) bond motifs is 5. The van der Waals surface area contributed by atoms with E-state index in [-0.39, 0.29) is 112 Å². The highest BCUT2D eigenvalue weighted by atomic mass is 19.1. The summed E-state index contributed by atoms with van der Waals surface area (Å²) in [5.74, 6) is -4.25. The van der Waals surface area contributed by atoms with Gasteiger partial charge in [-0.3, -0.25) is 38.5 Å². The number of esters is 1. The first kappa shape index (κ1) is 50.8. The van der Waals surface area contributed by atoms with Crippen LogP contribution in [0.2, 0.25) is 0 Å². The van der Waals surface area contributed by atoms with E-state index in [1.165, 1.54) is 22.8 Å². The summed E-state index contributed by atoms with van der Waals surface area (Å²) in [4.78, 5) is 121. The second-order valence-electron chi connectivity index (χ2n) is 18.6. The molecule has 0 unspecified atom stereocenters. The van der Waals surface area contributed by atoms with Gasteiger partial charge >= 0.3 is 12.0 Å². The number of unbranched alkanes of at least 4 members (excludes halogenated alkanes) is 2. The summed E-state index contributed by atoms with van der Waals surface area (Å²) < 4.78 is 22.1. The van der Waals surface area contributed by atoms with E-state index in [2.05, 4.69) is 26.6 Å². The van der Waals surface area contributed by atoms with Gasteiger partial charge in [-0.2, -0.15) is 0 Å². The van der Waals surface area contributed by atoms with Gasteiger partial charge in [0.1, 0.15) is 24.5 Å². The lowest BCUT2D eigenvalue weighted by molar-refractivity contribution is -0.172. The standard InChI is InChI=1S/C49H60FN9O11/c1-5-49(69)30-21-35-43-28(23-59(35)46(66)29(30)24-70-47(49)67)41-32(15-14-27-26(4)31(50)22-34(55-43)40(27)41)54-36(60)13-10-18-52-44(64)33(11-9-19-53-48(51)68)56-45(65)42(25(2)3)57-37(61)12-7-6-8-20-58-38(62)16-17-39(58)63/h16-17,21-22,25,32-33,42,69H,5-15,18-20,23-24H2,1-4H3,(H,52,64)(H,54,60)(H,56,65)(H,57,61)(H3,51,53,68)/t32-,33-,42-,49-/m0/s1. The molecular formula is C49H60FN9O11. The van der Waals surface area contributed by atoms with Crippen molar-refractivity contribution >= 4 is 58.3 Å². The Bertz CT molecular complexity index is 2740. The number of urea groups is 1. The number of cyclic esters (lactones) is 1. The molecule has 20 nitrogen and oxygen atoms in total. The molecule has 21 heteroatoms. The summed E-state index contributed by atoms with van der Waals surface area (Å²) in [6.45, 7) is 7.00. The third-order valence-corrected chi connectivity index (χ3v) is 13.6. The largest absolute Gasteiger partial charge is 0.458 e. The van der Waals surface area contributed by atoms with Crippen LogP contribution in [0.5, 0.6) is 0 Å². The number of halogens is 1. The molecule has 5 heterocycles. The minimum absolute atomic E-state index is 0.00867. The highest BCUT2D eigenvalue weighted by molar-refractivity contribution is 6.12. The average molecular weight is 970 g/mol. The molecule has 4 atom stereocenters. The van der Waals surface area contributed by atoms with Gasteiger partial charge in [-0.1, -0.05) is 27.2 Å². The number of carbonyl (C=O) groups is 8. The molecule has 0 saturated heterocycles. The number of hydrogen-bond acceptors (Lipinski definition) is 12. The van der Waals surface area contributed by atoms with Crippen LogP contribution in [-0.2, 0) is 63.5 Å². The molecule has 1 aliphatic carbocycles. The van der Waals surface area contributed by atoms with Gasteiger partial charge in [0.05, 0.1) is 35.1 Å². The molecule has 3 aromatic rings. The molecule has 4 aliphatic rings. The minimum Gasteiger partial charge on any atom is -0.458 e. The summed E-state index contributed by atoms with van der Waals surface area (Å²) in [6.07, 6.45) is 5.44. The first-order valence-electron chi connectivity index (χ1n) is 23.9. The summed E-state index contributed by atoms with van der Waals surface area (Å²) >= 11 is 0. The van der Waals surface area contributed by atoms with E-state index in [0.29, 0.717) is 71.1 Å². The van der Waals surface area contributed by atoms with Gasteiger partial charge in [0.2, 0.25) is 23.6 Å². The Morgan fingerprint density at radius 1 is 0.914 bits per heavy atom. The Labute approximate surface area is 402 Å². The number of carbonyl (C=O) groups excluding carboxylic acids is 8. The number of imide groups is 1. The number of ether oxygens (including phenoxy) is 1. The number of aromatic nitrogens is 2. The van der Waals surface area contributed by atoms with Gasteiger partial charge in [0, 0.05) is 67.2 Å². The van der Waals surface area contributed by atoms with Crippen molar-refractivity contribution in [1.29, 1.82) is 0 Å². The van der Waals surface area contributed by atoms with Crippen LogP contribution in [0.3, 0.4) is 0 Å². The highest BCUT2D eigenvalue weighted by Gasteiger charge is 2.46. The summed E-state index contributed by atoms with van der Waals surface area (Å²) in [6, 6.07) is -0.449. The summed E-state index contributed by atoms with van der Waals surface area (Å²) in [7, 11) is 0. The fraction of sp³-hybridized carbons (Fsp3) is 0.510. The second kappa shape index (κ2) is 21.3. The van der Waals surface area contributed by atoms with Gasteiger partial charge in [-0.15, -0.1) is 0 Å². The van der Waals surface area contributed by atoms with Crippen molar-refractivity contribution in [3.05, 3.63) is 73.8 Å². The Balaban J connectivity index is 0.984. The number of pyridine rings is 2. The van der Waals surface area contributed by atoms with Crippen molar-refractivity contribution in [3.63, 3.8) is 0 Å². The molecule has 0 fully saturated rings. The van der Waals surface area contributed by atoms with E-state index in [4.69, 9.17) is 15.5 Å². The number of amides is 8. The Hall–Kier alpha value is -7.03. The average Bonchev–Trinajstić information content (AvgIpc) is 3.85. The quantitative estimate of drug-likeness (QED) is 0.0359. The maximum absolute atomic E-state index is 15.4. The number of nitrogens with zero attached hydrogens (tertiary/aromatic N) is 3. The number of primary amides is 1. The van der Waals surface area contributed by atoms with Gasteiger partial charge in [-0.05, 0) is 87.0 Å². The third-order valence-electron chi connectivity index (χ3n) is 13.6. The zero-order valence-electron chi connectivity index (χ0n) is 39.8. The smallest absolute Gasteiger partial charge is 0.343 e. The fourth-order valence-corrected chi connectivity index (χ4v) is 9.76. The SMILES string of the molecule is CC[C@@]1(O)C(=O)OCc2c1cc1n(c2=O)Cc2c-1nc1cc(F)c(C)c3c1c2[C@@H](NC(=O)CCCNC(=O)[C@H](CCCNC(N)=O)NC(=O)[C@@H](NC(=O)CCCCCN1C(=O)C=CC1=O)C(C)C)CC3. The molecule has 2 aromatic heterocycles. The second-order valence-corrected chi connectivity index (χ2v) is 18.6. The zero-order chi connectivity index (χ0) is 50.6. The molecule has 8 amide bonds. The monoisotopic (exact) mass is 969 g/mol. The van der Waals surface area contributed by atoms with E-state index < -0.39 is 58.9 Å². The lowest BCUT2D eigenvalue weighted by Gasteiger charge is -2.31. The molecule has 1 aromatic carbocycles. The van der Waals surface area contributed by atoms with Crippen LogP contribution in [0, 0.1) is 18.7 Å². The number of rotatable bonds is 21. The van der Waals surface area contributed by atoms with Crippen molar-refractivity contribution in [3.8, 4) is 11.4 Å². The van der Waals surface area contributed by atoms with E-state index in [1.54, 1.807) is 33.8 Å². The molecule has 8 N–H and O–H groups in total. The number of aliphatic hydroxyl groups is 1. The van der Waals surface area contributed by atoms with E-state index in [0.717, 1.165) is 10.5 Å². The summed E-state index contributed by atoms with van der Waals surface area (Å²) in [5.41, 5.74) is 6.65. The number of hydrogen-bond donors (Lipinski definition) is 7. The van der Waals surface area contributed by atoms with Gasteiger partial charge < -0.3 is 46.7 Å². The lowest BCUT2D eigenvalue weighted by Crippen LogP contribution is -2.55. The zero-order valence-corrected chi connectivity index (χ0v) is 39.8. The number of nitrogens with two attached hydrogens (primary N) is 1. The lowest BCUT2D eigenvalue weighted by atomic mass is 9.81. The molecule has 0 bridgehead atoms. The van der Waals surface area contributed by atoms with Crippen LogP contribution >= 0.6 is 0 Å². The van der Waals surface area contributed by atoms with Crippen LogP contribution in [0.25, 0.3) is 22.3 Å². The third kappa shape index (κ3) is 10.4. The van der Waals surface area contributed by atoms with Crippen LogP contribution in [-0.4, -0.2) is 98.7 Å². The Morgan fingerprint density at radius 3 is 2.33 bits per heavy atom. The van der Waals surface area contributed by atoms with Crippen LogP contribution in [0.4, 0.5) is 9.18 Å². The van der Waals surface area contributed by atoms with E-state index >= 15 is 4.39 Å². The molecule has 3 aliphatic heterocycles. The first-order valence-corrected chi connectivity index (χ1v) is 23.9. The molecule has 0 spiro atoms. The molecular weight excluding hydrogens is 910 g/mol. The van der Waals surface area contributed by atoms with Gasteiger partial charge in [0.15, 0.2) is 5.60 Å². The molecule has 374 valence electrons. The molecule has 0 saturated carbocycles. The van der Waals surface area contributed by atoms with Crippen molar-refractivity contribution in [1.82, 2.24) is 41.0 Å². The maximum Gasteiger partial charge on any atom is 0.343 e. The van der Waals surface area contributed by atoms with Crippen molar-refractivity contribution in [2.24, 2.45) is 11.7 Å². The normalized spacial score (nSPS) is 18.5. The van der Waals surface area contributed by atoms with Crippen molar-refractivity contribution in [2.45, 2.75) is 135 Å². The highest BCUT2D eigenvalue weighted by Crippen LogP contribution is 2.46. The van der Waals surface area contributed by atoms with Gasteiger partial charge in [-0.25, -0.2) is 19.0 Å².